The van der Waals surface area contributed by atoms with Gasteiger partial charge in [0, 0.05) is 43.7 Å². The smallest absolute Gasteiger partial charge is 0.236 e. The van der Waals surface area contributed by atoms with E-state index in [4.69, 9.17) is 4.52 Å². The van der Waals surface area contributed by atoms with Crippen molar-refractivity contribution in [1.82, 2.24) is 14.4 Å². The molecule has 0 atom stereocenters. The molecule has 25 heavy (non-hydrogen) atoms. The lowest BCUT2D eigenvalue weighted by Crippen LogP contribution is -2.47. The summed E-state index contributed by atoms with van der Waals surface area (Å²) in [5.41, 5.74) is 2.88. The minimum absolute atomic E-state index is 0.491. The summed E-state index contributed by atoms with van der Waals surface area (Å²) in [6.45, 7) is 6.96. The molecule has 1 aromatic carbocycles. The second-order valence-electron chi connectivity index (χ2n) is 6.24. The Labute approximate surface area is 148 Å². The number of sulfonamides is 1. The molecule has 3 rings (SSSR count). The quantitative estimate of drug-likeness (QED) is 0.818. The fraction of sp³-hybridized carbons (Fsp3) is 0.389. The first-order valence-electron chi connectivity index (χ1n) is 8.33. The number of benzene rings is 1. The van der Waals surface area contributed by atoms with Gasteiger partial charge in [-0.2, -0.15) is 4.31 Å². The highest BCUT2D eigenvalue weighted by Gasteiger charge is 2.26. The van der Waals surface area contributed by atoms with Crippen LogP contribution in [-0.4, -0.2) is 49.0 Å². The summed E-state index contributed by atoms with van der Waals surface area (Å²) in [6, 6.07) is 9.45. The number of piperazine rings is 1. The fourth-order valence-electron chi connectivity index (χ4n) is 2.91. The zero-order valence-electron chi connectivity index (χ0n) is 14.6. The third kappa shape index (κ3) is 4.36. The Morgan fingerprint density at radius 2 is 1.80 bits per heavy atom. The molecule has 0 spiro atoms. The summed E-state index contributed by atoms with van der Waals surface area (Å²) < 4.78 is 31.7. The second-order valence-corrected chi connectivity index (χ2v) is 8.05. The van der Waals surface area contributed by atoms with Crippen molar-refractivity contribution >= 4 is 16.1 Å². The molecule has 0 bridgehead atoms. The van der Waals surface area contributed by atoms with Crippen LogP contribution in [0.1, 0.15) is 22.6 Å². The average molecular weight is 361 g/mol. The van der Waals surface area contributed by atoms with Gasteiger partial charge in [-0.3, -0.25) is 4.90 Å². The van der Waals surface area contributed by atoms with Gasteiger partial charge in [0.15, 0.2) is 0 Å². The average Bonchev–Trinajstić information content (AvgIpc) is 2.93. The molecule has 0 radical (unpaired) electrons. The third-order valence-electron chi connectivity index (χ3n) is 4.49. The maximum Gasteiger partial charge on any atom is 0.236 e. The molecular weight excluding hydrogens is 338 g/mol. The highest BCUT2D eigenvalue weighted by Crippen LogP contribution is 2.17. The Morgan fingerprint density at radius 3 is 2.40 bits per heavy atom. The van der Waals surface area contributed by atoms with E-state index in [2.05, 4.69) is 10.1 Å². The summed E-state index contributed by atoms with van der Waals surface area (Å²) in [5, 5.41) is 5.27. The molecule has 7 heteroatoms. The standard InChI is InChI=1S/C18H23N3O3S/c1-15-18(16(2)24-19-15)14-20-9-11-21(12-10-20)25(22,23)13-8-17-6-4-3-5-7-17/h3-8,13H,9-12,14H2,1-2H3/b13-8+. The zero-order chi connectivity index (χ0) is 17.9. The van der Waals surface area contributed by atoms with Gasteiger partial charge in [-0.05, 0) is 25.5 Å². The summed E-state index contributed by atoms with van der Waals surface area (Å²) in [4.78, 5) is 2.24. The lowest BCUT2D eigenvalue weighted by molar-refractivity contribution is 0.181. The largest absolute Gasteiger partial charge is 0.361 e. The van der Waals surface area contributed by atoms with Crippen LogP contribution in [0.5, 0.6) is 0 Å². The van der Waals surface area contributed by atoms with E-state index < -0.39 is 10.0 Å². The molecule has 0 amide bonds. The fourth-order valence-corrected chi connectivity index (χ4v) is 4.08. The van der Waals surface area contributed by atoms with Crippen LogP contribution in [0.25, 0.3) is 6.08 Å². The van der Waals surface area contributed by atoms with Gasteiger partial charge in [-0.15, -0.1) is 0 Å². The molecule has 1 fully saturated rings. The van der Waals surface area contributed by atoms with Gasteiger partial charge in [0.1, 0.15) is 5.76 Å². The van der Waals surface area contributed by atoms with Crippen LogP contribution in [0, 0.1) is 13.8 Å². The minimum atomic E-state index is -3.39. The molecule has 1 aromatic heterocycles. The van der Waals surface area contributed by atoms with Gasteiger partial charge >= 0.3 is 0 Å². The summed E-state index contributed by atoms with van der Waals surface area (Å²) in [6.07, 6.45) is 1.64. The molecule has 0 aliphatic carbocycles. The van der Waals surface area contributed by atoms with E-state index in [1.807, 2.05) is 44.2 Å². The lowest BCUT2D eigenvalue weighted by Gasteiger charge is -2.33. The van der Waals surface area contributed by atoms with Gasteiger partial charge < -0.3 is 4.52 Å². The molecule has 0 saturated carbocycles. The van der Waals surface area contributed by atoms with Gasteiger partial charge in [0.2, 0.25) is 10.0 Å². The van der Waals surface area contributed by atoms with Crippen molar-refractivity contribution in [2.45, 2.75) is 20.4 Å². The monoisotopic (exact) mass is 361 g/mol. The van der Waals surface area contributed by atoms with Crippen molar-refractivity contribution in [2.75, 3.05) is 26.2 Å². The molecule has 0 N–H and O–H groups in total. The van der Waals surface area contributed by atoms with Crippen LogP contribution in [0.4, 0.5) is 0 Å². The Balaban J connectivity index is 1.59. The van der Waals surface area contributed by atoms with Gasteiger partial charge in [0.05, 0.1) is 5.69 Å². The molecule has 1 aliphatic rings. The Bertz CT molecular complexity index is 816. The van der Waals surface area contributed by atoms with E-state index in [1.165, 1.54) is 9.71 Å². The maximum absolute atomic E-state index is 12.5. The summed E-state index contributed by atoms with van der Waals surface area (Å²) in [7, 11) is -3.39. The van der Waals surface area contributed by atoms with E-state index in [1.54, 1.807) is 6.08 Å². The van der Waals surface area contributed by atoms with E-state index in [-0.39, 0.29) is 0 Å². The Kier molecular flexibility index (Phi) is 5.36. The molecule has 2 aromatic rings. The van der Waals surface area contributed by atoms with Crippen LogP contribution in [0.15, 0.2) is 40.3 Å². The summed E-state index contributed by atoms with van der Waals surface area (Å²) in [5.74, 6) is 0.832. The topological polar surface area (TPSA) is 66.7 Å². The van der Waals surface area contributed by atoms with E-state index in [0.717, 1.165) is 29.1 Å². The van der Waals surface area contributed by atoms with Crippen molar-refractivity contribution < 1.29 is 12.9 Å². The third-order valence-corrected chi connectivity index (χ3v) is 6.05. The number of hydrogen-bond acceptors (Lipinski definition) is 5. The minimum Gasteiger partial charge on any atom is -0.361 e. The number of aryl methyl sites for hydroxylation is 2. The molecule has 1 saturated heterocycles. The van der Waals surface area contributed by atoms with Crippen LogP contribution >= 0.6 is 0 Å². The Hall–Kier alpha value is -1.96. The van der Waals surface area contributed by atoms with Crippen LogP contribution in [0.3, 0.4) is 0 Å². The van der Waals surface area contributed by atoms with Gasteiger partial charge in [-0.25, -0.2) is 8.42 Å². The van der Waals surface area contributed by atoms with E-state index in [9.17, 15) is 8.42 Å². The number of nitrogens with zero attached hydrogens (tertiary/aromatic N) is 3. The van der Waals surface area contributed by atoms with Crippen molar-refractivity contribution in [1.29, 1.82) is 0 Å². The van der Waals surface area contributed by atoms with Gasteiger partial charge in [0.25, 0.3) is 0 Å². The van der Waals surface area contributed by atoms with Crippen molar-refractivity contribution in [3.8, 4) is 0 Å². The molecule has 2 heterocycles. The molecule has 6 nitrogen and oxygen atoms in total. The predicted octanol–water partition coefficient (Wildman–Crippen LogP) is 2.41. The van der Waals surface area contributed by atoms with Crippen molar-refractivity contribution in [2.24, 2.45) is 0 Å². The van der Waals surface area contributed by atoms with Crippen molar-refractivity contribution in [3.63, 3.8) is 0 Å². The van der Waals surface area contributed by atoms with Crippen LogP contribution in [-0.2, 0) is 16.6 Å². The highest BCUT2D eigenvalue weighted by molar-refractivity contribution is 7.92. The summed E-state index contributed by atoms with van der Waals surface area (Å²) >= 11 is 0. The predicted molar refractivity (Wildman–Crippen MR) is 97.2 cm³/mol. The van der Waals surface area contributed by atoms with Gasteiger partial charge in [-0.1, -0.05) is 35.5 Å². The lowest BCUT2D eigenvalue weighted by atomic mass is 10.2. The second kappa shape index (κ2) is 7.51. The SMILES string of the molecule is Cc1noc(C)c1CN1CCN(S(=O)(=O)/C=C/c2ccccc2)CC1. The molecule has 1 aliphatic heterocycles. The first kappa shape index (κ1) is 17.8. The number of aromatic nitrogens is 1. The maximum atomic E-state index is 12.5. The molecular formula is C18H23N3O3S. The van der Waals surface area contributed by atoms with Crippen LogP contribution < -0.4 is 0 Å². The molecule has 134 valence electrons. The first-order chi connectivity index (χ1) is 12.0. The number of hydrogen-bond donors (Lipinski definition) is 0. The van der Waals surface area contributed by atoms with E-state index >= 15 is 0 Å². The first-order valence-corrected chi connectivity index (χ1v) is 9.83. The number of rotatable bonds is 5. The van der Waals surface area contributed by atoms with Crippen molar-refractivity contribution in [3.05, 3.63) is 58.3 Å². The zero-order valence-corrected chi connectivity index (χ0v) is 15.4. The highest BCUT2D eigenvalue weighted by atomic mass is 32.2. The normalized spacial score (nSPS) is 17.4. The van der Waals surface area contributed by atoms with Crippen LogP contribution in [0.2, 0.25) is 0 Å². The molecule has 0 unspecified atom stereocenters. The Morgan fingerprint density at radius 1 is 1.12 bits per heavy atom. The van der Waals surface area contributed by atoms with E-state index in [0.29, 0.717) is 26.2 Å².